The van der Waals surface area contributed by atoms with Crippen LogP contribution in [-0.4, -0.2) is 45.2 Å². The van der Waals surface area contributed by atoms with Crippen LogP contribution in [0.15, 0.2) is 0 Å². The maximum atomic E-state index is 6.39. The van der Waals surface area contributed by atoms with Crippen molar-refractivity contribution in [2.24, 2.45) is 11.7 Å². The zero-order valence-electron chi connectivity index (χ0n) is 12.9. The van der Waals surface area contributed by atoms with Crippen LogP contribution in [0.4, 0.5) is 0 Å². The smallest absolute Gasteiger partial charge is 0.0700 e. The molecule has 0 aromatic rings. The predicted octanol–water partition coefficient (Wildman–Crippen LogP) is 2.50. The summed E-state index contributed by atoms with van der Waals surface area (Å²) in [7, 11) is 1.70. The standard InChI is InChI=1S/C16H31NO3/c1-18-11-12-19-9-6-15(17)14-5-10-20-16(13-14)7-3-2-4-8-16/h14-15H,2-13,17H2,1H3. The molecule has 2 aliphatic rings. The van der Waals surface area contributed by atoms with Crippen molar-refractivity contribution in [2.75, 3.05) is 33.5 Å². The van der Waals surface area contributed by atoms with E-state index in [4.69, 9.17) is 19.9 Å². The Hall–Kier alpha value is -0.160. The number of ether oxygens (including phenoxy) is 3. The average Bonchev–Trinajstić information content (AvgIpc) is 2.48. The maximum Gasteiger partial charge on any atom is 0.0700 e. The third-order valence-corrected chi connectivity index (χ3v) is 4.93. The Morgan fingerprint density at radius 2 is 2.00 bits per heavy atom. The molecule has 2 unspecified atom stereocenters. The number of nitrogens with two attached hydrogens (primary N) is 1. The first kappa shape index (κ1) is 16.2. The third-order valence-electron chi connectivity index (χ3n) is 4.93. The molecule has 118 valence electrons. The van der Waals surface area contributed by atoms with Gasteiger partial charge in [-0.25, -0.2) is 0 Å². The highest BCUT2D eigenvalue weighted by atomic mass is 16.5. The summed E-state index contributed by atoms with van der Waals surface area (Å²) in [4.78, 5) is 0. The first-order valence-electron chi connectivity index (χ1n) is 8.22. The van der Waals surface area contributed by atoms with Gasteiger partial charge in [0.05, 0.1) is 18.8 Å². The molecular weight excluding hydrogens is 254 g/mol. The molecule has 2 fully saturated rings. The van der Waals surface area contributed by atoms with E-state index in [1.54, 1.807) is 7.11 Å². The van der Waals surface area contributed by atoms with E-state index in [9.17, 15) is 0 Å². The first-order valence-corrected chi connectivity index (χ1v) is 8.22. The quantitative estimate of drug-likeness (QED) is 0.730. The van der Waals surface area contributed by atoms with Crippen LogP contribution in [-0.2, 0) is 14.2 Å². The van der Waals surface area contributed by atoms with Crippen LogP contribution in [0.2, 0.25) is 0 Å². The zero-order chi connectivity index (χ0) is 14.3. The van der Waals surface area contributed by atoms with Crippen molar-refractivity contribution in [3.63, 3.8) is 0 Å². The lowest BCUT2D eigenvalue weighted by Gasteiger charge is -2.45. The second-order valence-corrected chi connectivity index (χ2v) is 6.40. The molecule has 0 amide bonds. The minimum Gasteiger partial charge on any atom is -0.382 e. The van der Waals surface area contributed by atoms with Gasteiger partial charge in [-0.3, -0.25) is 0 Å². The van der Waals surface area contributed by atoms with Gasteiger partial charge in [0.25, 0.3) is 0 Å². The normalized spacial score (nSPS) is 27.6. The van der Waals surface area contributed by atoms with Gasteiger partial charge in [-0.2, -0.15) is 0 Å². The Morgan fingerprint density at radius 3 is 2.75 bits per heavy atom. The van der Waals surface area contributed by atoms with Gasteiger partial charge in [-0.1, -0.05) is 19.3 Å². The molecule has 2 rings (SSSR count). The maximum absolute atomic E-state index is 6.39. The highest BCUT2D eigenvalue weighted by Gasteiger charge is 2.39. The van der Waals surface area contributed by atoms with Crippen LogP contribution in [0, 0.1) is 5.92 Å². The van der Waals surface area contributed by atoms with Crippen LogP contribution in [0.25, 0.3) is 0 Å². The highest BCUT2D eigenvalue weighted by Crippen LogP contribution is 2.41. The molecule has 1 saturated carbocycles. The summed E-state index contributed by atoms with van der Waals surface area (Å²) in [6.45, 7) is 2.97. The summed E-state index contributed by atoms with van der Waals surface area (Å²) in [5.74, 6) is 0.605. The summed E-state index contributed by atoms with van der Waals surface area (Å²) < 4.78 is 16.6. The van der Waals surface area contributed by atoms with Crippen LogP contribution in [0.5, 0.6) is 0 Å². The molecule has 20 heavy (non-hydrogen) atoms. The number of hydrogen-bond acceptors (Lipinski definition) is 4. The van der Waals surface area contributed by atoms with Crippen molar-refractivity contribution in [1.82, 2.24) is 0 Å². The lowest BCUT2D eigenvalue weighted by atomic mass is 9.74. The molecule has 2 N–H and O–H groups in total. The molecule has 4 nitrogen and oxygen atoms in total. The van der Waals surface area contributed by atoms with Gasteiger partial charge in [-0.15, -0.1) is 0 Å². The van der Waals surface area contributed by atoms with Crippen molar-refractivity contribution in [3.05, 3.63) is 0 Å². The molecule has 1 saturated heterocycles. The van der Waals surface area contributed by atoms with Crippen molar-refractivity contribution < 1.29 is 14.2 Å². The largest absolute Gasteiger partial charge is 0.382 e. The highest BCUT2D eigenvalue weighted by molar-refractivity contribution is 4.92. The van der Waals surface area contributed by atoms with Crippen LogP contribution >= 0.6 is 0 Å². The van der Waals surface area contributed by atoms with Crippen molar-refractivity contribution in [2.45, 2.75) is 63.0 Å². The molecule has 0 radical (unpaired) electrons. The number of methoxy groups -OCH3 is 1. The number of hydrogen-bond donors (Lipinski definition) is 1. The minimum atomic E-state index is 0.162. The fourth-order valence-corrected chi connectivity index (χ4v) is 3.68. The van der Waals surface area contributed by atoms with Crippen molar-refractivity contribution in [3.8, 4) is 0 Å². The molecule has 1 heterocycles. The summed E-state index contributed by atoms with van der Waals surface area (Å²) in [5.41, 5.74) is 6.55. The Morgan fingerprint density at radius 1 is 1.20 bits per heavy atom. The Balaban J connectivity index is 1.70. The second kappa shape index (κ2) is 8.32. The minimum absolute atomic E-state index is 0.162. The van der Waals surface area contributed by atoms with E-state index in [1.807, 2.05) is 0 Å². The Labute approximate surface area is 123 Å². The van der Waals surface area contributed by atoms with Crippen molar-refractivity contribution >= 4 is 0 Å². The molecule has 2 atom stereocenters. The molecular formula is C16H31NO3. The van der Waals surface area contributed by atoms with Gasteiger partial charge in [0, 0.05) is 26.4 Å². The van der Waals surface area contributed by atoms with E-state index < -0.39 is 0 Å². The third kappa shape index (κ3) is 4.69. The zero-order valence-corrected chi connectivity index (χ0v) is 12.9. The van der Waals surface area contributed by atoms with E-state index in [-0.39, 0.29) is 11.6 Å². The average molecular weight is 285 g/mol. The summed E-state index contributed by atoms with van der Waals surface area (Å²) in [6, 6.07) is 0.250. The van der Waals surface area contributed by atoms with Gasteiger partial charge in [0.1, 0.15) is 0 Å². The second-order valence-electron chi connectivity index (χ2n) is 6.40. The SMILES string of the molecule is COCCOCCC(N)C1CCOC2(CCCCC2)C1. The first-order chi connectivity index (χ1) is 9.76. The van der Waals surface area contributed by atoms with Gasteiger partial charge in [-0.05, 0) is 38.0 Å². The van der Waals surface area contributed by atoms with E-state index >= 15 is 0 Å². The number of rotatable bonds is 7. The summed E-state index contributed by atoms with van der Waals surface area (Å²) >= 11 is 0. The van der Waals surface area contributed by atoms with Gasteiger partial charge in [0.15, 0.2) is 0 Å². The van der Waals surface area contributed by atoms with Crippen molar-refractivity contribution in [1.29, 1.82) is 0 Å². The Kier molecular flexibility index (Phi) is 6.75. The predicted molar refractivity (Wildman–Crippen MR) is 79.8 cm³/mol. The lowest BCUT2D eigenvalue weighted by molar-refractivity contribution is -0.121. The van der Waals surface area contributed by atoms with E-state index in [0.717, 1.165) is 32.5 Å². The monoisotopic (exact) mass is 285 g/mol. The Bertz CT molecular complexity index is 261. The van der Waals surface area contributed by atoms with Gasteiger partial charge in [0.2, 0.25) is 0 Å². The van der Waals surface area contributed by atoms with E-state index in [0.29, 0.717) is 19.1 Å². The van der Waals surface area contributed by atoms with Crippen LogP contribution < -0.4 is 5.73 Å². The fourth-order valence-electron chi connectivity index (χ4n) is 3.68. The molecule has 0 aromatic heterocycles. The molecule has 0 bridgehead atoms. The molecule has 1 spiro atoms. The molecule has 1 aliphatic carbocycles. The molecule has 1 aliphatic heterocycles. The fraction of sp³-hybridized carbons (Fsp3) is 1.00. The van der Waals surface area contributed by atoms with Crippen LogP contribution in [0.1, 0.15) is 51.4 Å². The van der Waals surface area contributed by atoms with Gasteiger partial charge < -0.3 is 19.9 Å². The van der Waals surface area contributed by atoms with E-state index in [2.05, 4.69) is 0 Å². The van der Waals surface area contributed by atoms with Crippen LogP contribution in [0.3, 0.4) is 0 Å². The summed E-state index contributed by atoms with van der Waals surface area (Å²) in [6.07, 6.45) is 9.71. The molecule has 4 heteroatoms. The van der Waals surface area contributed by atoms with Gasteiger partial charge >= 0.3 is 0 Å². The summed E-state index contributed by atoms with van der Waals surface area (Å²) in [5, 5.41) is 0. The topological polar surface area (TPSA) is 53.7 Å². The van der Waals surface area contributed by atoms with E-state index in [1.165, 1.54) is 32.1 Å². The lowest BCUT2D eigenvalue weighted by Crippen LogP contribution is -2.46. The molecule has 0 aromatic carbocycles.